The molecule has 0 unspecified atom stereocenters. The molecule has 0 aliphatic rings. The van der Waals surface area contributed by atoms with Gasteiger partial charge in [-0.3, -0.25) is 0 Å². The van der Waals surface area contributed by atoms with E-state index in [0.29, 0.717) is 0 Å². The van der Waals surface area contributed by atoms with Crippen LogP contribution in [0.5, 0.6) is 0 Å². The van der Waals surface area contributed by atoms with Crippen molar-refractivity contribution in [2.24, 2.45) is 0 Å². The van der Waals surface area contributed by atoms with Gasteiger partial charge in [-0.25, -0.2) is 0 Å². The van der Waals surface area contributed by atoms with Gasteiger partial charge in [-0.2, -0.15) is 0 Å². The van der Waals surface area contributed by atoms with Crippen LogP contribution in [0.2, 0.25) is 0 Å². The van der Waals surface area contributed by atoms with Gasteiger partial charge in [0.25, 0.3) is 0 Å². The van der Waals surface area contributed by atoms with Crippen molar-refractivity contribution < 1.29 is 58.4 Å². The first-order chi connectivity index (χ1) is 0. The van der Waals surface area contributed by atoms with E-state index in [-0.39, 0.29) is 118 Å². The molecule has 8 valence electrons. The molecule has 0 saturated heterocycles. The third-order valence-corrected chi connectivity index (χ3v) is 0. The van der Waals surface area contributed by atoms with E-state index in [9.17, 15) is 0 Å². The van der Waals surface area contributed by atoms with Gasteiger partial charge in [0.05, 0.1) is 0 Å². The molecular formula is Na2Zn3. The number of hydrogen-bond acceptors (Lipinski definition) is 0. The van der Waals surface area contributed by atoms with Gasteiger partial charge < -0.3 is 0 Å². The van der Waals surface area contributed by atoms with Crippen molar-refractivity contribution >= 4 is 59.1 Å². The van der Waals surface area contributed by atoms with Crippen LogP contribution in [0.15, 0.2) is 0 Å². The predicted octanol–water partition coefficient (Wildman–Crippen LogP) is -0.769. The molecule has 0 fully saturated rings. The van der Waals surface area contributed by atoms with Crippen LogP contribution in [0.3, 0.4) is 0 Å². The van der Waals surface area contributed by atoms with E-state index in [2.05, 4.69) is 0 Å². The zero-order chi connectivity index (χ0) is 0. The summed E-state index contributed by atoms with van der Waals surface area (Å²) in [6.45, 7) is 0. The fourth-order valence-corrected chi connectivity index (χ4v) is 0. The molecule has 0 bridgehead atoms. The predicted molar refractivity (Wildman–Crippen MR) is 11.5 cm³/mol. The molecule has 5 heteroatoms. The van der Waals surface area contributed by atoms with Crippen molar-refractivity contribution in [2.45, 2.75) is 0 Å². The van der Waals surface area contributed by atoms with Gasteiger partial charge >= 0.3 is 0 Å². The maximum Gasteiger partial charge on any atom is 0 e. The standard InChI is InChI=1S/2Na.3Zn. The molecule has 0 aromatic rings. The molecule has 0 heterocycles. The van der Waals surface area contributed by atoms with Gasteiger partial charge in [0.2, 0.25) is 0 Å². The summed E-state index contributed by atoms with van der Waals surface area (Å²) in [7, 11) is 0. The van der Waals surface area contributed by atoms with Crippen LogP contribution in [-0.4, -0.2) is 59.1 Å². The Hall–Kier alpha value is 3.87. The Bertz CT molecular complexity index is 4.85. The molecule has 0 N–H and O–H groups in total. The molecule has 0 saturated carbocycles. The summed E-state index contributed by atoms with van der Waals surface area (Å²) < 4.78 is 0. The molecule has 5 heavy (non-hydrogen) atoms. The summed E-state index contributed by atoms with van der Waals surface area (Å²) in [5.74, 6) is 0. The van der Waals surface area contributed by atoms with Gasteiger partial charge in [-0.1, -0.05) is 0 Å². The largest absolute Gasteiger partial charge is 0 e. The Morgan fingerprint density at radius 2 is 0.400 bits per heavy atom. The molecule has 0 atom stereocenters. The van der Waals surface area contributed by atoms with E-state index >= 15 is 0 Å². The molecule has 0 aromatic carbocycles. The summed E-state index contributed by atoms with van der Waals surface area (Å²) in [5.41, 5.74) is 0. The number of rotatable bonds is 0. The minimum absolute atomic E-state index is 0. The molecule has 0 rings (SSSR count). The Morgan fingerprint density at radius 3 is 0.400 bits per heavy atom. The van der Waals surface area contributed by atoms with Crippen molar-refractivity contribution in [3.05, 3.63) is 0 Å². The summed E-state index contributed by atoms with van der Waals surface area (Å²) in [5, 5.41) is 0. The van der Waals surface area contributed by atoms with Crippen LogP contribution in [0.25, 0.3) is 0 Å². The van der Waals surface area contributed by atoms with Crippen LogP contribution < -0.4 is 0 Å². The molecule has 0 nitrogen and oxygen atoms in total. The van der Waals surface area contributed by atoms with Crippen LogP contribution in [0.4, 0.5) is 0 Å². The average molecular weight is 242 g/mol. The van der Waals surface area contributed by atoms with Crippen molar-refractivity contribution in [1.29, 1.82) is 0 Å². The fraction of sp³-hybridized carbons (Fsp3) is 0. The van der Waals surface area contributed by atoms with Crippen LogP contribution in [-0.2, 0) is 58.4 Å². The van der Waals surface area contributed by atoms with Crippen molar-refractivity contribution in [3.8, 4) is 0 Å². The molecule has 2 radical (unpaired) electrons. The quantitative estimate of drug-likeness (QED) is 0.489. The summed E-state index contributed by atoms with van der Waals surface area (Å²) in [6.07, 6.45) is 0. The first kappa shape index (κ1) is 36.7. The van der Waals surface area contributed by atoms with E-state index in [1.807, 2.05) is 0 Å². The van der Waals surface area contributed by atoms with E-state index < -0.39 is 0 Å². The first-order valence-corrected chi connectivity index (χ1v) is 0. The van der Waals surface area contributed by atoms with Gasteiger partial charge in [0.1, 0.15) is 0 Å². The van der Waals surface area contributed by atoms with Crippen molar-refractivity contribution in [3.63, 3.8) is 0 Å². The third kappa shape index (κ3) is 18.1. The molecule has 0 spiro atoms. The Labute approximate surface area is 115 Å². The van der Waals surface area contributed by atoms with Crippen molar-refractivity contribution in [1.82, 2.24) is 0 Å². The monoisotopic (exact) mass is 238 g/mol. The molecule has 0 aliphatic heterocycles. The maximum atomic E-state index is 0. The Morgan fingerprint density at radius 1 is 0.400 bits per heavy atom. The molecule has 0 amide bonds. The maximum absolute atomic E-state index is 0. The summed E-state index contributed by atoms with van der Waals surface area (Å²) >= 11 is 0. The first-order valence-electron chi connectivity index (χ1n) is 0. The summed E-state index contributed by atoms with van der Waals surface area (Å²) in [4.78, 5) is 0. The normalized spacial score (nSPS) is 0. The number of hydrogen-bond donors (Lipinski definition) is 0. The molecule has 0 aliphatic carbocycles. The van der Waals surface area contributed by atoms with Crippen LogP contribution in [0.1, 0.15) is 0 Å². The third-order valence-electron chi connectivity index (χ3n) is 0. The fourth-order valence-electron chi connectivity index (χ4n) is 0. The Kier molecular flexibility index (Phi) is 182. The second-order valence-corrected chi connectivity index (χ2v) is 0. The molecule has 0 aromatic heterocycles. The van der Waals surface area contributed by atoms with Gasteiger partial charge in [-0.05, 0) is 0 Å². The second kappa shape index (κ2) is 24.8. The van der Waals surface area contributed by atoms with E-state index in [4.69, 9.17) is 0 Å². The zero-order valence-electron chi connectivity index (χ0n) is 4.12. The Balaban J connectivity index is 0. The average Bonchev–Trinajstić information content (AvgIpc) is 0. The van der Waals surface area contributed by atoms with Crippen LogP contribution in [0, 0.1) is 0 Å². The molecular weight excluding hydrogens is 242 g/mol. The van der Waals surface area contributed by atoms with E-state index in [1.165, 1.54) is 0 Å². The smallest absolute Gasteiger partial charge is 0 e. The van der Waals surface area contributed by atoms with Gasteiger partial charge in [-0.15, -0.1) is 0 Å². The van der Waals surface area contributed by atoms with E-state index in [0.717, 1.165) is 0 Å². The second-order valence-electron chi connectivity index (χ2n) is 0. The van der Waals surface area contributed by atoms with Crippen molar-refractivity contribution in [2.75, 3.05) is 0 Å². The van der Waals surface area contributed by atoms with E-state index in [1.54, 1.807) is 0 Å². The zero-order valence-corrected chi connectivity index (χ0v) is 17.0. The minimum atomic E-state index is 0. The summed E-state index contributed by atoms with van der Waals surface area (Å²) in [6, 6.07) is 0. The SMILES string of the molecule is [Na].[Na].[Zn].[Zn].[Zn]. The topological polar surface area (TPSA) is 0 Å². The van der Waals surface area contributed by atoms with Gasteiger partial charge in [0.15, 0.2) is 0 Å². The van der Waals surface area contributed by atoms with Crippen LogP contribution >= 0.6 is 0 Å². The van der Waals surface area contributed by atoms with Gasteiger partial charge in [0, 0.05) is 118 Å². The minimum Gasteiger partial charge on any atom is 0 e.